The molecule has 0 aliphatic carbocycles. The summed E-state index contributed by atoms with van der Waals surface area (Å²) in [6, 6.07) is 11.3. The van der Waals surface area contributed by atoms with Crippen LogP contribution in [0.3, 0.4) is 0 Å². The Morgan fingerprint density at radius 2 is 1.72 bits per heavy atom. The molecule has 1 aliphatic heterocycles. The molecule has 1 fully saturated rings. The molecule has 1 N–H and O–H groups in total. The molecule has 1 aliphatic rings. The van der Waals surface area contributed by atoms with Crippen LogP contribution in [-0.2, 0) is 9.59 Å². The maximum atomic E-state index is 13.1. The Labute approximate surface area is 193 Å². The van der Waals surface area contributed by atoms with Crippen molar-refractivity contribution in [3.05, 3.63) is 64.2 Å². The number of ether oxygens (including phenoxy) is 2. The number of halogens is 1. The number of aliphatic hydroxyl groups excluding tert-OH is 1. The Balaban J connectivity index is 2.18. The summed E-state index contributed by atoms with van der Waals surface area (Å²) >= 11 is 6.05. The Morgan fingerprint density at radius 3 is 2.34 bits per heavy atom. The molecule has 1 heterocycles. The van der Waals surface area contributed by atoms with Gasteiger partial charge in [0.1, 0.15) is 17.3 Å². The van der Waals surface area contributed by atoms with E-state index in [1.807, 2.05) is 20.8 Å². The number of carbonyl (C=O) groups excluding carboxylic acids is 2. The summed E-state index contributed by atoms with van der Waals surface area (Å²) in [6.07, 6.45) is 1.61. The summed E-state index contributed by atoms with van der Waals surface area (Å²) in [5.74, 6) is -0.636. The number of amides is 1. The maximum Gasteiger partial charge on any atom is 0.295 e. The van der Waals surface area contributed by atoms with E-state index < -0.39 is 17.7 Å². The fourth-order valence-corrected chi connectivity index (χ4v) is 3.93. The second-order valence-electron chi connectivity index (χ2n) is 7.42. The van der Waals surface area contributed by atoms with Gasteiger partial charge in [-0.15, -0.1) is 0 Å². The van der Waals surface area contributed by atoms with Gasteiger partial charge < -0.3 is 19.5 Å². The van der Waals surface area contributed by atoms with Gasteiger partial charge in [-0.05, 0) is 50.1 Å². The molecule has 3 rings (SSSR count). The first-order valence-electron chi connectivity index (χ1n) is 10.9. The summed E-state index contributed by atoms with van der Waals surface area (Å²) < 4.78 is 11.2. The molecule has 1 amide bonds. The third kappa shape index (κ3) is 4.75. The number of carbonyl (C=O) groups is 2. The highest BCUT2D eigenvalue weighted by molar-refractivity contribution is 6.46. The van der Waals surface area contributed by atoms with Gasteiger partial charge in [-0.25, -0.2) is 0 Å². The predicted molar refractivity (Wildman–Crippen MR) is 124 cm³/mol. The summed E-state index contributed by atoms with van der Waals surface area (Å²) in [5.41, 5.74) is 1.08. The maximum absolute atomic E-state index is 13.1. The fraction of sp³-hybridized carbons (Fsp3) is 0.360. The Hall–Kier alpha value is -2.99. The quantitative estimate of drug-likeness (QED) is 0.311. The van der Waals surface area contributed by atoms with Crippen molar-refractivity contribution in [1.29, 1.82) is 0 Å². The van der Waals surface area contributed by atoms with E-state index in [9.17, 15) is 14.7 Å². The standard InChI is InChI=1S/C25H28ClNO5/c1-4-7-14-27-22(16-8-10-17(26)11-9-16)21(24(29)25(27)30)23(28)19-13-12-18(31-5-2)15-20(19)32-6-3/h8-13,15,22,28H,4-7,14H2,1-3H3/b23-21-. The van der Waals surface area contributed by atoms with Crippen LogP contribution in [0.2, 0.25) is 5.02 Å². The van der Waals surface area contributed by atoms with Crippen LogP contribution >= 0.6 is 11.6 Å². The number of Topliss-reactive ketones (excluding diaryl/α,β-unsaturated/α-hetero) is 1. The molecule has 1 atom stereocenters. The molecule has 0 bridgehead atoms. The van der Waals surface area contributed by atoms with E-state index in [0.717, 1.165) is 12.8 Å². The van der Waals surface area contributed by atoms with Gasteiger partial charge in [0.05, 0.1) is 30.4 Å². The Bertz CT molecular complexity index is 1020. The molecule has 0 spiro atoms. The highest BCUT2D eigenvalue weighted by Crippen LogP contribution is 2.42. The smallest absolute Gasteiger partial charge is 0.295 e. The van der Waals surface area contributed by atoms with Crippen molar-refractivity contribution in [3.8, 4) is 11.5 Å². The van der Waals surface area contributed by atoms with Crippen molar-refractivity contribution in [2.45, 2.75) is 39.7 Å². The lowest BCUT2D eigenvalue weighted by Gasteiger charge is -2.25. The zero-order chi connectivity index (χ0) is 23.3. The molecule has 0 radical (unpaired) electrons. The molecular formula is C25H28ClNO5. The van der Waals surface area contributed by atoms with Gasteiger partial charge >= 0.3 is 0 Å². The largest absolute Gasteiger partial charge is 0.507 e. The Morgan fingerprint density at radius 1 is 1.03 bits per heavy atom. The highest BCUT2D eigenvalue weighted by atomic mass is 35.5. The average molecular weight is 458 g/mol. The van der Waals surface area contributed by atoms with Crippen LogP contribution in [0.25, 0.3) is 5.76 Å². The molecule has 0 aromatic heterocycles. The van der Waals surface area contributed by atoms with Crippen molar-refractivity contribution in [1.82, 2.24) is 4.90 Å². The van der Waals surface area contributed by atoms with Gasteiger partial charge in [0, 0.05) is 17.6 Å². The van der Waals surface area contributed by atoms with E-state index >= 15 is 0 Å². The molecule has 7 heteroatoms. The fourth-order valence-electron chi connectivity index (χ4n) is 3.81. The number of nitrogens with zero attached hydrogens (tertiary/aromatic N) is 1. The minimum absolute atomic E-state index is 0.0403. The second kappa shape index (κ2) is 10.6. The molecule has 2 aromatic rings. The van der Waals surface area contributed by atoms with Crippen LogP contribution in [0.1, 0.15) is 50.8 Å². The van der Waals surface area contributed by atoms with Crippen molar-refractivity contribution >= 4 is 29.1 Å². The van der Waals surface area contributed by atoms with Crippen molar-refractivity contribution < 1.29 is 24.2 Å². The molecule has 170 valence electrons. The highest BCUT2D eigenvalue weighted by Gasteiger charge is 2.46. The van der Waals surface area contributed by atoms with Crippen LogP contribution < -0.4 is 9.47 Å². The first-order valence-corrected chi connectivity index (χ1v) is 11.2. The molecule has 1 saturated heterocycles. The van der Waals surface area contributed by atoms with E-state index in [0.29, 0.717) is 47.4 Å². The normalized spacial score (nSPS) is 17.6. The number of rotatable bonds is 9. The average Bonchev–Trinajstić information content (AvgIpc) is 3.03. The van der Waals surface area contributed by atoms with E-state index in [4.69, 9.17) is 21.1 Å². The van der Waals surface area contributed by atoms with Crippen LogP contribution in [0.15, 0.2) is 48.0 Å². The molecule has 0 saturated carbocycles. The lowest BCUT2D eigenvalue weighted by atomic mass is 9.95. The summed E-state index contributed by atoms with van der Waals surface area (Å²) in [7, 11) is 0. The number of benzene rings is 2. The minimum atomic E-state index is -0.713. The number of aliphatic hydroxyl groups is 1. The third-order valence-electron chi connectivity index (χ3n) is 5.30. The third-order valence-corrected chi connectivity index (χ3v) is 5.55. The van der Waals surface area contributed by atoms with E-state index in [2.05, 4.69) is 0 Å². The number of likely N-dealkylation sites (tertiary alicyclic amines) is 1. The van der Waals surface area contributed by atoms with Crippen molar-refractivity contribution in [2.24, 2.45) is 0 Å². The van der Waals surface area contributed by atoms with Gasteiger partial charge in [-0.2, -0.15) is 0 Å². The van der Waals surface area contributed by atoms with Crippen LogP contribution in [0.4, 0.5) is 0 Å². The van der Waals surface area contributed by atoms with E-state index in [1.54, 1.807) is 42.5 Å². The van der Waals surface area contributed by atoms with Gasteiger partial charge in [-0.3, -0.25) is 9.59 Å². The van der Waals surface area contributed by atoms with Crippen LogP contribution in [0, 0.1) is 0 Å². The number of ketones is 1. The van der Waals surface area contributed by atoms with Gasteiger partial charge in [0.2, 0.25) is 0 Å². The molecule has 32 heavy (non-hydrogen) atoms. The summed E-state index contributed by atoms with van der Waals surface area (Å²) in [4.78, 5) is 27.5. The van der Waals surface area contributed by atoms with Crippen molar-refractivity contribution in [2.75, 3.05) is 19.8 Å². The zero-order valence-electron chi connectivity index (χ0n) is 18.6. The Kier molecular flexibility index (Phi) is 7.80. The lowest BCUT2D eigenvalue weighted by molar-refractivity contribution is -0.139. The molecule has 6 nitrogen and oxygen atoms in total. The molecule has 1 unspecified atom stereocenters. The van der Waals surface area contributed by atoms with Crippen LogP contribution in [-0.4, -0.2) is 41.5 Å². The first-order chi connectivity index (χ1) is 15.4. The second-order valence-corrected chi connectivity index (χ2v) is 7.86. The van der Waals surface area contributed by atoms with Crippen molar-refractivity contribution in [3.63, 3.8) is 0 Å². The zero-order valence-corrected chi connectivity index (χ0v) is 19.3. The summed E-state index contributed by atoms with van der Waals surface area (Å²) in [6.45, 7) is 6.97. The molecule has 2 aromatic carbocycles. The monoisotopic (exact) mass is 457 g/mol. The first kappa shape index (κ1) is 23.7. The van der Waals surface area contributed by atoms with Gasteiger partial charge in [-0.1, -0.05) is 37.1 Å². The van der Waals surface area contributed by atoms with Crippen LogP contribution in [0.5, 0.6) is 11.5 Å². The lowest BCUT2D eigenvalue weighted by Crippen LogP contribution is -2.30. The number of hydrogen-bond acceptors (Lipinski definition) is 5. The number of unbranched alkanes of at least 4 members (excludes halogenated alkanes) is 1. The van der Waals surface area contributed by atoms with Gasteiger partial charge in [0.25, 0.3) is 11.7 Å². The minimum Gasteiger partial charge on any atom is -0.507 e. The SMILES string of the molecule is CCCCN1C(=O)C(=O)/C(=C(\O)c2ccc(OCC)cc2OCC)C1c1ccc(Cl)cc1. The van der Waals surface area contributed by atoms with E-state index in [1.165, 1.54) is 4.90 Å². The van der Waals surface area contributed by atoms with Gasteiger partial charge in [0.15, 0.2) is 0 Å². The topological polar surface area (TPSA) is 76.1 Å². The summed E-state index contributed by atoms with van der Waals surface area (Å²) in [5, 5.41) is 11.8. The molecular weight excluding hydrogens is 430 g/mol. The van der Waals surface area contributed by atoms with E-state index in [-0.39, 0.29) is 11.3 Å². The number of hydrogen-bond donors (Lipinski definition) is 1. The predicted octanol–water partition coefficient (Wildman–Crippen LogP) is 5.36.